The molecule has 0 spiro atoms. The van der Waals surface area contributed by atoms with Crippen molar-refractivity contribution in [1.29, 1.82) is 0 Å². The standard InChI is InChI=1S/C16H21FN2O5S/c1-12(11-16(21)22)10-15(20)18-6-8-19(9-7-18)25(23,24)14-4-2-13(17)3-5-14/h2-5,12H,6-11H2,1H3,(H,21,22)/t12-/m0/s1. The Labute approximate surface area is 146 Å². The van der Waals surface area contributed by atoms with Crippen molar-refractivity contribution in [2.24, 2.45) is 5.92 Å². The van der Waals surface area contributed by atoms with Gasteiger partial charge in [0.25, 0.3) is 0 Å². The molecule has 0 radical (unpaired) electrons. The van der Waals surface area contributed by atoms with E-state index >= 15 is 0 Å². The lowest BCUT2D eigenvalue weighted by Gasteiger charge is -2.34. The van der Waals surface area contributed by atoms with E-state index < -0.39 is 21.8 Å². The first-order chi connectivity index (χ1) is 11.7. The summed E-state index contributed by atoms with van der Waals surface area (Å²) < 4.78 is 39.2. The van der Waals surface area contributed by atoms with Crippen LogP contribution in [-0.4, -0.2) is 60.8 Å². The lowest BCUT2D eigenvalue weighted by Crippen LogP contribution is -2.50. The Kier molecular flexibility index (Phi) is 6.12. The lowest BCUT2D eigenvalue weighted by molar-refractivity contribution is -0.138. The quantitative estimate of drug-likeness (QED) is 0.809. The first-order valence-corrected chi connectivity index (χ1v) is 9.39. The summed E-state index contributed by atoms with van der Waals surface area (Å²) in [5.74, 6) is -1.90. The second kappa shape index (κ2) is 7.92. The number of halogens is 1. The van der Waals surface area contributed by atoms with Crippen LogP contribution in [0.3, 0.4) is 0 Å². The van der Waals surface area contributed by atoms with Gasteiger partial charge in [-0.15, -0.1) is 0 Å². The molecule has 0 unspecified atom stereocenters. The van der Waals surface area contributed by atoms with E-state index in [1.165, 1.54) is 16.4 Å². The van der Waals surface area contributed by atoms with Crippen LogP contribution in [0.25, 0.3) is 0 Å². The number of benzene rings is 1. The SMILES string of the molecule is C[C@H](CC(=O)O)CC(=O)N1CCN(S(=O)(=O)c2ccc(F)cc2)CC1. The fraction of sp³-hybridized carbons (Fsp3) is 0.500. The molecule has 1 fully saturated rings. The van der Waals surface area contributed by atoms with Crippen LogP contribution in [0.5, 0.6) is 0 Å². The number of nitrogens with zero attached hydrogens (tertiary/aromatic N) is 2. The summed E-state index contributed by atoms with van der Waals surface area (Å²) in [5.41, 5.74) is 0. The second-order valence-corrected chi connectivity index (χ2v) is 8.08. The van der Waals surface area contributed by atoms with Crippen molar-refractivity contribution < 1.29 is 27.5 Å². The second-order valence-electron chi connectivity index (χ2n) is 6.15. The van der Waals surface area contributed by atoms with Gasteiger partial charge >= 0.3 is 5.97 Å². The number of sulfonamides is 1. The Balaban J connectivity index is 1.93. The number of carbonyl (C=O) groups is 2. The molecule has 0 saturated carbocycles. The number of aliphatic carboxylic acids is 1. The van der Waals surface area contributed by atoms with E-state index in [0.717, 1.165) is 12.1 Å². The molecule has 0 aromatic heterocycles. The van der Waals surface area contributed by atoms with Crippen LogP contribution in [0.1, 0.15) is 19.8 Å². The molecule has 1 saturated heterocycles. The average Bonchev–Trinajstić information content (AvgIpc) is 2.54. The van der Waals surface area contributed by atoms with Gasteiger partial charge in [0.05, 0.1) is 4.90 Å². The smallest absolute Gasteiger partial charge is 0.303 e. The third-order valence-corrected chi connectivity index (χ3v) is 6.00. The Morgan fingerprint density at radius 2 is 1.68 bits per heavy atom. The lowest BCUT2D eigenvalue weighted by atomic mass is 10.0. The fourth-order valence-corrected chi connectivity index (χ4v) is 4.15. The van der Waals surface area contributed by atoms with E-state index in [2.05, 4.69) is 0 Å². The number of carboxylic acid groups (broad SMARTS) is 1. The summed E-state index contributed by atoms with van der Waals surface area (Å²) in [6.07, 6.45) is 0.0433. The van der Waals surface area contributed by atoms with Gasteiger partial charge in [0.15, 0.2) is 0 Å². The van der Waals surface area contributed by atoms with Gasteiger partial charge in [-0.05, 0) is 30.2 Å². The Morgan fingerprint density at radius 1 is 1.12 bits per heavy atom. The first kappa shape index (κ1) is 19.3. The summed E-state index contributed by atoms with van der Waals surface area (Å²) in [6, 6.07) is 4.62. The zero-order valence-corrected chi connectivity index (χ0v) is 14.7. The van der Waals surface area contributed by atoms with Crippen molar-refractivity contribution in [3.63, 3.8) is 0 Å². The van der Waals surface area contributed by atoms with E-state index in [9.17, 15) is 22.4 Å². The summed E-state index contributed by atoms with van der Waals surface area (Å²) in [5, 5.41) is 8.74. The topological polar surface area (TPSA) is 95.0 Å². The van der Waals surface area contributed by atoms with Gasteiger partial charge in [-0.2, -0.15) is 4.31 Å². The molecule has 1 heterocycles. The highest BCUT2D eigenvalue weighted by Crippen LogP contribution is 2.19. The molecule has 1 aromatic carbocycles. The third kappa shape index (κ3) is 4.99. The van der Waals surface area contributed by atoms with Crippen molar-refractivity contribution in [3.8, 4) is 0 Å². The molecule has 2 rings (SSSR count). The Bertz CT molecular complexity index is 727. The molecule has 1 atom stereocenters. The number of rotatable bonds is 6. The largest absolute Gasteiger partial charge is 0.481 e. The molecular formula is C16H21FN2O5S. The number of hydrogen-bond donors (Lipinski definition) is 1. The molecule has 1 amide bonds. The van der Waals surface area contributed by atoms with Crippen LogP contribution in [0, 0.1) is 11.7 Å². The highest BCUT2D eigenvalue weighted by Gasteiger charge is 2.30. The molecular weight excluding hydrogens is 351 g/mol. The maximum Gasteiger partial charge on any atom is 0.303 e. The number of carboxylic acids is 1. The molecule has 9 heteroatoms. The summed E-state index contributed by atoms with van der Waals surface area (Å²) >= 11 is 0. The third-order valence-electron chi connectivity index (χ3n) is 4.09. The molecule has 0 aliphatic carbocycles. The van der Waals surface area contributed by atoms with Crippen LogP contribution in [0.2, 0.25) is 0 Å². The monoisotopic (exact) mass is 372 g/mol. The van der Waals surface area contributed by atoms with Crippen LogP contribution >= 0.6 is 0 Å². The van der Waals surface area contributed by atoms with Crippen molar-refractivity contribution in [2.75, 3.05) is 26.2 Å². The van der Waals surface area contributed by atoms with Crippen molar-refractivity contribution in [3.05, 3.63) is 30.1 Å². The minimum absolute atomic E-state index is 0.0174. The number of piperazine rings is 1. The molecule has 1 aromatic rings. The van der Waals surface area contributed by atoms with Gasteiger partial charge in [0.2, 0.25) is 15.9 Å². The van der Waals surface area contributed by atoms with Gasteiger partial charge in [0.1, 0.15) is 5.82 Å². The molecule has 7 nitrogen and oxygen atoms in total. The van der Waals surface area contributed by atoms with Gasteiger partial charge in [0, 0.05) is 39.0 Å². The Morgan fingerprint density at radius 3 is 2.20 bits per heavy atom. The van der Waals surface area contributed by atoms with E-state index in [1.807, 2.05) is 0 Å². The highest BCUT2D eigenvalue weighted by molar-refractivity contribution is 7.89. The van der Waals surface area contributed by atoms with Gasteiger partial charge in [-0.1, -0.05) is 6.92 Å². The fourth-order valence-electron chi connectivity index (χ4n) is 2.73. The minimum atomic E-state index is -3.72. The van der Waals surface area contributed by atoms with Gasteiger partial charge < -0.3 is 10.0 Å². The minimum Gasteiger partial charge on any atom is -0.481 e. The van der Waals surface area contributed by atoms with Crippen LogP contribution in [0.4, 0.5) is 4.39 Å². The first-order valence-electron chi connectivity index (χ1n) is 7.95. The van der Waals surface area contributed by atoms with Crippen molar-refractivity contribution >= 4 is 21.9 Å². The Hall–Kier alpha value is -2.00. The molecule has 25 heavy (non-hydrogen) atoms. The maximum absolute atomic E-state index is 13.0. The molecule has 138 valence electrons. The molecule has 1 aliphatic rings. The van der Waals surface area contributed by atoms with E-state index in [-0.39, 0.29) is 55.7 Å². The highest BCUT2D eigenvalue weighted by atomic mass is 32.2. The molecule has 1 N–H and O–H groups in total. The predicted molar refractivity (Wildman–Crippen MR) is 87.8 cm³/mol. The normalized spacial score (nSPS) is 17.3. The van der Waals surface area contributed by atoms with Crippen LogP contribution in [0.15, 0.2) is 29.2 Å². The van der Waals surface area contributed by atoms with Gasteiger partial charge in [-0.25, -0.2) is 12.8 Å². The maximum atomic E-state index is 13.0. The molecule has 0 bridgehead atoms. The van der Waals surface area contributed by atoms with E-state index in [0.29, 0.717) is 0 Å². The number of hydrogen-bond acceptors (Lipinski definition) is 4. The summed E-state index contributed by atoms with van der Waals surface area (Å²) in [7, 11) is -3.72. The number of carbonyl (C=O) groups excluding carboxylic acids is 1. The van der Waals surface area contributed by atoms with E-state index in [1.54, 1.807) is 11.8 Å². The zero-order chi connectivity index (χ0) is 18.6. The van der Waals surface area contributed by atoms with Crippen LogP contribution < -0.4 is 0 Å². The summed E-state index contributed by atoms with van der Waals surface area (Å²) in [4.78, 5) is 24.4. The zero-order valence-electron chi connectivity index (χ0n) is 13.9. The van der Waals surface area contributed by atoms with Crippen molar-refractivity contribution in [2.45, 2.75) is 24.7 Å². The molecule has 1 aliphatic heterocycles. The number of amides is 1. The van der Waals surface area contributed by atoms with Gasteiger partial charge in [-0.3, -0.25) is 9.59 Å². The van der Waals surface area contributed by atoms with Crippen molar-refractivity contribution in [1.82, 2.24) is 9.21 Å². The predicted octanol–water partition coefficient (Wildman–Crippen LogP) is 1.16. The van der Waals surface area contributed by atoms with Crippen LogP contribution in [-0.2, 0) is 19.6 Å². The average molecular weight is 372 g/mol. The summed E-state index contributed by atoms with van der Waals surface area (Å²) in [6.45, 7) is 2.50. The van der Waals surface area contributed by atoms with E-state index in [4.69, 9.17) is 5.11 Å².